The molecule has 0 aliphatic carbocycles. The summed E-state index contributed by atoms with van der Waals surface area (Å²) in [6, 6.07) is 6.08. The maximum absolute atomic E-state index is 5.93. The molecular formula is C12H12BrClO. The van der Waals surface area contributed by atoms with Crippen molar-refractivity contribution in [3.05, 3.63) is 33.8 Å². The van der Waals surface area contributed by atoms with Crippen molar-refractivity contribution in [1.29, 1.82) is 0 Å². The van der Waals surface area contributed by atoms with Crippen LogP contribution in [-0.4, -0.2) is 12.5 Å². The summed E-state index contributed by atoms with van der Waals surface area (Å²) in [4.78, 5) is 0. The lowest BCUT2D eigenvalue weighted by molar-refractivity contribution is 0.324. The van der Waals surface area contributed by atoms with Gasteiger partial charge in [0, 0.05) is 22.3 Å². The van der Waals surface area contributed by atoms with Crippen molar-refractivity contribution in [3.8, 4) is 5.75 Å². The van der Waals surface area contributed by atoms with Crippen molar-refractivity contribution < 1.29 is 4.74 Å². The average molecular weight is 288 g/mol. The number of hydrogen-bond donors (Lipinski definition) is 0. The number of ether oxygens (including phenoxy) is 1. The summed E-state index contributed by atoms with van der Waals surface area (Å²) in [6.07, 6.45) is 0.918. The van der Waals surface area contributed by atoms with Gasteiger partial charge in [0.15, 0.2) is 0 Å². The first kappa shape index (κ1) is 11.0. The summed E-state index contributed by atoms with van der Waals surface area (Å²) in [6.45, 7) is 2.83. The molecule has 0 saturated carbocycles. The Bertz CT molecular complexity index is 412. The fourth-order valence-corrected chi connectivity index (χ4v) is 2.45. The van der Waals surface area contributed by atoms with Gasteiger partial charge in [-0.3, -0.25) is 0 Å². The fraction of sp³-hybridized carbons (Fsp3) is 0.333. The lowest BCUT2D eigenvalue weighted by Crippen LogP contribution is -1.97. The van der Waals surface area contributed by atoms with E-state index in [2.05, 4.69) is 28.9 Å². The number of allylic oxidation sites excluding steroid dienone is 1. The highest BCUT2D eigenvalue weighted by atomic mass is 79.9. The molecule has 1 aliphatic heterocycles. The summed E-state index contributed by atoms with van der Waals surface area (Å²) in [5, 5.41) is 0. The molecule has 0 unspecified atom stereocenters. The van der Waals surface area contributed by atoms with Crippen LogP contribution in [0.3, 0.4) is 0 Å². The molecule has 1 aromatic carbocycles. The third-order valence-corrected chi connectivity index (χ3v) is 3.51. The molecule has 0 fully saturated rings. The van der Waals surface area contributed by atoms with Gasteiger partial charge in [-0.2, -0.15) is 0 Å². The number of hydrogen-bond acceptors (Lipinski definition) is 1. The zero-order valence-corrected chi connectivity index (χ0v) is 10.9. The van der Waals surface area contributed by atoms with Crippen molar-refractivity contribution in [3.63, 3.8) is 0 Å². The molecular weight excluding hydrogens is 275 g/mol. The Morgan fingerprint density at radius 1 is 1.47 bits per heavy atom. The minimum Gasteiger partial charge on any atom is -0.493 e. The van der Waals surface area contributed by atoms with Crippen molar-refractivity contribution in [1.82, 2.24) is 0 Å². The highest BCUT2D eigenvalue weighted by Gasteiger charge is 2.14. The van der Waals surface area contributed by atoms with Gasteiger partial charge in [0.05, 0.1) is 6.61 Å². The fourth-order valence-electron chi connectivity index (χ4n) is 1.75. The second kappa shape index (κ2) is 4.58. The number of alkyl halides is 1. The van der Waals surface area contributed by atoms with E-state index in [0.29, 0.717) is 12.5 Å². The Morgan fingerprint density at radius 2 is 2.27 bits per heavy atom. The third kappa shape index (κ3) is 2.21. The van der Waals surface area contributed by atoms with Gasteiger partial charge >= 0.3 is 0 Å². The van der Waals surface area contributed by atoms with Crippen molar-refractivity contribution >= 4 is 33.1 Å². The normalized spacial score (nSPS) is 15.7. The predicted molar refractivity (Wildman–Crippen MR) is 67.6 cm³/mol. The Kier molecular flexibility index (Phi) is 3.37. The van der Waals surface area contributed by atoms with E-state index in [1.165, 1.54) is 11.1 Å². The van der Waals surface area contributed by atoms with E-state index in [1.54, 1.807) is 0 Å². The molecule has 1 aromatic rings. The Hall–Kier alpha value is -0.470. The molecule has 0 aromatic heterocycles. The zero-order chi connectivity index (χ0) is 10.8. The number of fused-ring (bicyclic) bond motifs is 1. The number of rotatable bonds is 1. The molecule has 0 atom stereocenters. The minimum absolute atomic E-state index is 0.584. The Morgan fingerprint density at radius 3 is 3.00 bits per heavy atom. The van der Waals surface area contributed by atoms with Gasteiger partial charge in [0.2, 0.25) is 0 Å². The molecule has 80 valence electrons. The van der Waals surface area contributed by atoms with E-state index in [-0.39, 0.29) is 0 Å². The van der Waals surface area contributed by atoms with Gasteiger partial charge in [0.25, 0.3) is 0 Å². The second-order valence-electron chi connectivity index (χ2n) is 3.60. The maximum Gasteiger partial charge on any atom is 0.126 e. The van der Waals surface area contributed by atoms with E-state index in [1.807, 2.05) is 12.1 Å². The van der Waals surface area contributed by atoms with Gasteiger partial charge in [-0.05, 0) is 36.3 Å². The van der Waals surface area contributed by atoms with Crippen LogP contribution >= 0.6 is 27.5 Å². The lowest BCUT2D eigenvalue weighted by atomic mass is 10.0. The summed E-state index contributed by atoms with van der Waals surface area (Å²) in [5.41, 5.74) is 3.67. The van der Waals surface area contributed by atoms with E-state index >= 15 is 0 Å². The largest absolute Gasteiger partial charge is 0.493 e. The van der Waals surface area contributed by atoms with E-state index in [4.69, 9.17) is 16.3 Å². The third-order valence-electron chi connectivity index (χ3n) is 2.70. The molecule has 0 radical (unpaired) electrons. The average Bonchev–Trinajstić information content (AvgIpc) is 2.39. The molecule has 0 amide bonds. The number of halogens is 2. The van der Waals surface area contributed by atoms with Crippen molar-refractivity contribution in [2.75, 3.05) is 12.5 Å². The first-order chi connectivity index (χ1) is 7.22. The highest BCUT2D eigenvalue weighted by Crippen LogP contribution is 2.34. The van der Waals surface area contributed by atoms with E-state index in [0.717, 1.165) is 22.2 Å². The summed E-state index contributed by atoms with van der Waals surface area (Å²) >= 11 is 9.40. The van der Waals surface area contributed by atoms with Crippen LogP contribution in [0.2, 0.25) is 0 Å². The Balaban J connectivity index is 2.56. The summed E-state index contributed by atoms with van der Waals surface area (Å²) in [5.74, 6) is 1.54. The topological polar surface area (TPSA) is 9.23 Å². The maximum atomic E-state index is 5.93. The van der Waals surface area contributed by atoms with Gasteiger partial charge in [0.1, 0.15) is 5.75 Å². The van der Waals surface area contributed by atoms with Gasteiger partial charge in [-0.25, -0.2) is 0 Å². The molecule has 15 heavy (non-hydrogen) atoms. The van der Waals surface area contributed by atoms with Gasteiger partial charge in [-0.1, -0.05) is 15.9 Å². The number of benzene rings is 1. The predicted octanol–water partition coefficient (Wildman–Crippen LogP) is 4.24. The monoisotopic (exact) mass is 286 g/mol. The van der Waals surface area contributed by atoms with Crippen LogP contribution in [0.1, 0.15) is 18.9 Å². The van der Waals surface area contributed by atoms with E-state index in [9.17, 15) is 0 Å². The molecule has 0 saturated heterocycles. The van der Waals surface area contributed by atoms with Crippen LogP contribution < -0.4 is 4.74 Å². The van der Waals surface area contributed by atoms with E-state index < -0.39 is 0 Å². The minimum atomic E-state index is 0.584. The first-order valence-corrected chi connectivity index (χ1v) is 6.22. The molecule has 3 heteroatoms. The summed E-state index contributed by atoms with van der Waals surface area (Å²) < 4.78 is 6.75. The molecule has 0 bridgehead atoms. The van der Waals surface area contributed by atoms with Crippen LogP contribution in [-0.2, 0) is 0 Å². The van der Waals surface area contributed by atoms with Gasteiger partial charge < -0.3 is 4.74 Å². The van der Waals surface area contributed by atoms with Crippen molar-refractivity contribution in [2.24, 2.45) is 0 Å². The lowest BCUT2D eigenvalue weighted by Gasteiger charge is -2.08. The summed E-state index contributed by atoms with van der Waals surface area (Å²) in [7, 11) is 0. The van der Waals surface area contributed by atoms with Crippen LogP contribution in [0.4, 0.5) is 0 Å². The second-order valence-corrected chi connectivity index (χ2v) is 4.78. The molecule has 0 spiro atoms. The molecule has 0 N–H and O–H groups in total. The molecule has 2 rings (SSSR count). The van der Waals surface area contributed by atoms with Crippen LogP contribution in [0.15, 0.2) is 28.2 Å². The molecule has 1 nitrogen and oxygen atoms in total. The van der Waals surface area contributed by atoms with Crippen LogP contribution in [0.5, 0.6) is 5.75 Å². The highest BCUT2D eigenvalue weighted by molar-refractivity contribution is 9.10. The first-order valence-electron chi connectivity index (χ1n) is 4.89. The zero-order valence-electron chi connectivity index (χ0n) is 8.52. The smallest absolute Gasteiger partial charge is 0.126 e. The quantitative estimate of drug-likeness (QED) is 0.702. The van der Waals surface area contributed by atoms with Crippen LogP contribution in [0, 0.1) is 0 Å². The molecule has 1 aliphatic rings. The molecule has 1 heterocycles. The Labute approximate surface area is 103 Å². The van der Waals surface area contributed by atoms with Crippen LogP contribution in [0.25, 0.3) is 5.57 Å². The van der Waals surface area contributed by atoms with Gasteiger partial charge in [-0.15, -0.1) is 11.6 Å². The van der Waals surface area contributed by atoms with Crippen molar-refractivity contribution in [2.45, 2.75) is 13.3 Å². The SMILES string of the molecule is CC1=C(CCl)CCOc2ccc(Br)cc21. The standard InChI is InChI=1S/C12H12BrClO/c1-8-9(7-14)4-5-15-12-3-2-10(13)6-11(8)12/h2-3,6H,4-5,7H2,1H3.